The Balaban J connectivity index is 1.95. The molecule has 0 aliphatic carbocycles. The van der Waals surface area contributed by atoms with Gasteiger partial charge in [-0.1, -0.05) is 12.1 Å². The number of hydrogen-bond acceptors (Lipinski definition) is 5. The van der Waals surface area contributed by atoms with Crippen molar-refractivity contribution >= 4 is 16.9 Å². The topological polar surface area (TPSA) is 95.7 Å². The second-order valence-corrected chi connectivity index (χ2v) is 7.23. The van der Waals surface area contributed by atoms with Gasteiger partial charge in [0.2, 0.25) is 5.78 Å². The van der Waals surface area contributed by atoms with Crippen molar-refractivity contribution in [3.63, 3.8) is 0 Å². The van der Waals surface area contributed by atoms with Crippen LogP contribution in [0.4, 0.5) is 0 Å². The van der Waals surface area contributed by atoms with Crippen LogP contribution in [0.1, 0.15) is 0 Å². The third kappa shape index (κ3) is 2.59. The van der Waals surface area contributed by atoms with Crippen LogP contribution in [0.2, 0.25) is 0 Å². The molecule has 1 N–H and O–H groups in total. The summed E-state index contributed by atoms with van der Waals surface area (Å²) in [5.74, 6) is 1.17. The fourth-order valence-electron chi connectivity index (χ4n) is 3.83. The number of aromatic nitrogens is 5. The van der Waals surface area contributed by atoms with Crippen molar-refractivity contribution in [2.45, 2.75) is 0 Å². The molecule has 0 aliphatic rings. The molecule has 0 unspecified atom stereocenters. The van der Waals surface area contributed by atoms with Crippen LogP contribution in [0.5, 0.6) is 11.5 Å². The van der Waals surface area contributed by atoms with Gasteiger partial charge in [-0.3, -0.25) is 22.9 Å². The average molecular weight is 417 g/mol. The van der Waals surface area contributed by atoms with Crippen LogP contribution in [-0.4, -0.2) is 35.3 Å². The summed E-state index contributed by atoms with van der Waals surface area (Å²) in [6, 6.07) is 14.3. The minimum Gasteiger partial charge on any atom is -0.506 e. The lowest BCUT2D eigenvalue weighted by Crippen LogP contribution is -2.37. The molecule has 0 spiro atoms. The maximum Gasteiger partial charge on any atom is 0.332 e. The summed E-state index contributed by atoms with van der Waals surface area (Å²) in [6.07, 6.45) is 1.78. The highest BCUT2D eigenvalue weighted by atomic mass is 16.5. The summed E-state index contributed by atoms with van der Waals surface area (Å²) in [4.78, 5) is 29.9. The van der Waals surface area contributed by atoms with E-state index < -0.39 is 11.2 Å². The Hall–Kier alpha value is -4.27. The standard InChI is InChI=1S/C22H19N5O4/c1-24-19-18(20(29)25(2)22(24)30)26-12-16(13-8-10-14(31-3)11-9-13)27(21(26)23-19)15-6-4-5-7-17(15)28/h4-12,28H,1-3H3. The van der Waals surface area contributed by atoms with Gasteiger partial charge in [-0.05, 0) is 36.4 Å². The Morgan fingerprint density at radius 3 is 2.35 bits per heavy atom. The van der Waals surface area contributed by atoms with E-state index in [1.54, 1.807) is 53.6 Å². The van der Waals surface area contributed by atoms with Gasteiger partial charge in [-0.2, -0.15) is 4.98 Å². The quantitative estimate of drug-likeness (QED) is 0.485. The van der Waals surface area contributed by atoms with Gasteiger partial charge in [-0.15, -0.1) is 0 Å². The summed E-state index contributed by atoms with van der Waals surface area (Å²) in [6.45, 7) is 0. The number of phenolic OH excluding ortho intramolecular Hbond substituents is 1. The predicted molar refractivity (Wildman–Crippen MR) is 116 cm³/mol. The molecule has 0 radical (unpaired) electrons. The smallest absolute Gasteiger partial charge is 0.332 e. The molecule has 2 aromatic carbocycles. The molecule has 0 aliphatic heterocycles. The molecule has 0 bridgehead atoms. The summed E-state index contributed by atoms with van der Waals surface area (Å²) < 4.78 is 11.1. The first-order valence-electron chi connectivity index (χ1n) is 9.54. The van der Waals surface area contributed by atoms with Gasteiger partial charge in [0.05, 0.1) is 18.5 Å². The molecule has 5 aromatic rings. The van der Waals surface area contributed by atoms with Crippen LogP contribution in [-0.2, 0) is 14.1 Å². The van der Waals surface area contributed by atoms with Gasteiger partial charge in [0.1, 0.15) is 11.5 Å². The van der Waals surface area contributed by atoms with Crippen LogP contribution in [0.25, 0.3) is 33.9 Å². The lowest BCUT2D eigenvalue weighted by atomic mass is 10.1. The van der Waals surface area contributed by atoms with Crippen molar-refractivity contribution in [3.8, 4) is 28.4 Å². The van der Waals surface area contributed by atoms with Crippen molar-refractivity contribution in [2.75, 3.05) is 7.11 Å². The SMILES string of the molecule is COc1ccc(-c2cn3c4c(=O)n(C)c(=O)n(C)c4nc3n2-c2ccccc2O)cc1. The molecule has 0 amide bonds. The highest BCUT2D eigenvalue weighted by molar-refractivity contribution is 5.80. The number of para-hydroxylation sites is 2. The molecular formula is C22H19N5O4. The first kappa shape index (κ1) is 18.7. The molecule has 3 aromatic heterocycles. The molecule has 9 heteroatoms. The van der Waals surface area contributed by atoms with Gasteiger partial charge in [0.15, 0.2) is 11.2 Å². The normalized spacial score (nSPS) is 11.5. The molecule has 3 heterocycles. The number of hydrogen-bond donors (Lipinski definition) is 1. The van der Waals surface area contributed by atoms with E-state index in [0.717, 1.165) is 10.1 Å². The third-order valence-corrected chi connectivity index (χ3v) is 5.47. The molecule has 0 saturated carbocycles. The van der Waals surface area contributed by atoms with Gasteiger partial charge < -0.3 is 9.84 Å². The van der Waals surface area contributed by atoms with Gasteiger partial charge in [-0.25, -0.2) is 4.79 Å². The molecule has 5 rings (SSSR count). The number of rotatable bonds is 3. The Morgan fingerprint density at radius 2 is 1.68 bits per heavy atom. The molecule has 0 saturated heterocycles. The number of aromatic hydroxyl groups is 1. The Bertz CT molecular complexity index is 1590. The Labute approximate surface area is 175 Å². The van der Waals surface area contributed by atoms with Crippen LogP contribution >= 0.6 is 0 Å². The van der Waals surface area contributed by atoms with Crippen molar-refractivity contribution in [1.29, 1.82) is 0 Å². The molecular weight excluding hydrogens is 398 g/mol. The summed E-state index contributed by atoms with van der Waals surface area (Å²) in [5, 5.41) is 10.6. The first-order chi connectivity index (χ1) is 14.9. The highest BCUT2D eigenvalue weighted by Gasteiger charge is 2.22. The van der Waals surface area contributed by atoms with E-state index in [4.69, 9.17) is 4.74 Å². The fourth-order valence-corrected chi connectivity index (χ4v) is 3.83. The van der Waals surface area contributed by atoms with Gasteiger partial charge in [0, 0.05) is 25.9 Å². The second kappa shape index (κ2) is 6.63. The van der Waals surface area contributed by atoms with E-state index in [2.05, 4.69) is 4.98 Å². The van der Waals surface area contributed by atoms with E-state index in [-0.39, 0.29) is 16.9 Å². The number of phenols is 1. The number of imidazole rings is 2. The number of methoxy groups -OCH3 is 1. The van der Waals surface area contributed by atoms with Gasteiger partial charge in [0.25, 0.3) is 5.56 Å². The summed E-state index contributed by atoms with van der Waals surface area (Å²) in [5.41, 5.74) is 1.70. The maximum atomic E-state index is 12.9. The van der Waals surface area contributed by atoms with Gasteiger partial charge >= 0.3 is 5.69 Å². The average Bonchev–Trinajstić information content (AvgIpc) is 3.33. The zero-order valence-electron chi connectivity index (χ0n) is 17.1. The molecule has 0 atom stereocenters. The number of aryl methyl sites for hydroxylation is 1. The maximum absolute atomic E-state index is 12.9. The predicted octanol–water partition coefficient (Wildman–Crippen LogP) is 2.06. The van der Waals surface area contributed by atoms with Crippen molar-refractivity contribution < 1.29 is 9.84 Å². The summed E-state index contributed by atoms with van der Waals surface area (Å²) in [7, 11) is 4.61. The van der Waals surface area contributed by atoms with E-state index in [1.165, 1.54) is 11.6 Å². The third-order valence-electron chi connectivity index (χ3n) is 5.47. The van der Waals surface area contributed by atoms with Crippen LogP contribution in [0, 0.1) is 0 Å². The lowest BCUT2D eigenvalue weighted by molar-refractivity contribution is 0.415. The molecule has 31 heavy (non-hydrogen) atoms. The number of benzene rings is 2. The Morgan fingerprint density at radius 1 is 0.968 bits per heavy atom. The zero-order valence-corrected chi connectivity index (χ0v) is 17.1. The summed E-state index contributed by atoms with van der Waals surface area (Å²) >= 11 is 0. The number of fused-ring (bicyclic) bond motifs is 3. The fraction of sp³-hybridized carbons (Fsp3) is 0.136. The molecule has 0 fully saturated rings. The van der Waals surface area contributed by atoms with Crippen LogP contribution in [0.15, 0.2) is 64.3 Å². The Kier molecular flexibility index (Phi) is 4.01. The van der Waals surface area contributed by atoms with E-state index in [1.807, 2.05) is 24.3 Å². The molecule has 156 valence electrons. The van der Waals surface area contributed by atoms with Crippen LogP contribution in [0.3, 0.4) is 0 Å². The van der Waals surface area contributed by atoms with E-state index in [9.17, 15) is 14.7 Å². The first-order valence-corrected chi connectivity index (χ1v) is 9.54. The lowest BCUT2D eigenvalue weighted by Gasteiger charge is -2.11. The van der Waals surface area contributed by atoms with E-state index >= 15 is 0 Å². The van der Waals surface area contributed by atoms with E-state index in [0.29, 0.717) is 22.9 Å². The second-order valence-electron chi connectivity index (χ2n) is 7.23. The van der Waals surface area contributed by atoms with Crippen LogP contribution < -0.4 is 16.0 Å². The number of nitrogens with zero attached hydrogens (tertiary/aromatic N) is 5. The number of ether oxygens (including phenoxy) is 1. The zero-order chi connectivity index (χ0) is 21.9. The minimum atomic E-state index is -0.456. The monoisotopic (exact) mass is 417 g/mol. The van der Waals surface area contributed by atoms with Crippen molar-refractivity contribution in [2.24, 2.45) is 14.1 Å². The van der Waals surface area contributed by atoms with Crippen molar-refractivity contribution in [3.05, 3.63) is 75.6 Å². The molecule has 9 nitrogen and oxygen atoms in total. The highest BCUT2D eigenvalue weighted by Crippen LogP contribution is 2.33. The minimum absolute atomic E-state index is 0.0595. The van der Waals surface area contributed by atoms with Crippen molar-refractivity contribution in [1.82, 2.24) is 23.1 Å². The largest absolute Gasteiger partial charge is 0.506 e.